The van der Waals surface area contributed by atoms with Crippen molar-refractivity contribution >= 4 is 29.9 Å². The topological polar surface area (TPSA) is 61.4 Å². The van der Waals surface area contributed by atoms with Gasteiger partial charge < -0.3 is 25.0 Å². The van der Waals surface area contributed by atoms with Gasteiger partial charge in [0.15, 0.2) is 17.5 Å². The van der Waals surface area contributed by atoms with Gasteiger partial charge >= 0.3 is 0 Å². The standard InChI is InChI=1S/C18H29N5O2.HI/c1-3-22-8-10-23(11-9-22)7-6-20-18(19-2)21-13-15-4-5-16-17(12-15)25-14-24-16;/h4-5,12H,3,6-11,13-14H2,1-2H3,(H2,19,20,21);1H. The van der Waals surface area contributed by atoms with Gasteiger partial charge in [-0.05, 0) is 24.2 Å². The molecule has 0 aliphatic carbocycles. The molecule has 2 aliphatic rings. The van der Waals surface area contributed by atoms with Crippen LogP contribution in [0.4, 0.5) is 0 Å². The fraction of sp³-hybridized carbons (Fsp3) is 0.611. The first-order chi connectivity index (χ1) is 12.3. The SMILES string of the molecule is CCN1CCN(CCNC(=NC)NCc2ccc3c(c2)OCO3)CC1.I. The molecular weight excluding hydrogens is 445 g/mol. The van der Waals surface area contributed by atoms with Gasteiger partial charge in [-0.2, -0.15) is 0 Å². The van der Waals surface area contributed by atoms with Gasteiger partial charge in [-0.3, -0.25) is 9.89 Å². The molecule has 0 atom stereocenters. The van der Waals surface area contributed by atoms with E-state index in [1.165, 1.54) is 13.1 Å². The lowest BCUT2D eigenvalue weighted by Gasteiger charge is -2.34. The Balaban J connectivity index is 0.00000243. The van der Waals surface area contributed by atoms with Crippen molar-refractivity contribution in [1.29, 1.82) is 0 Å². The molecule has 2 aliphatic heterocycles. The number of aliphatic imine (C=N–C) groups is 1. The van der Waals surface area contributed by atoms with Crippen LogP contribution in [0.5, 0.6) is 11.5 Å². The minimum absolute atomic E-state index is 0. The summed E-state index contributed by atoms with van der Waals surface area (Å²) < 4.78 is 10.8. The first kappa shape index (κ1) is 21.0. The second-order valence-electron chi connectivity index (χ2n) is 6.32. The van der Waals surface area contributed by atoms with Gasteiger partial charge in [-0.15, -0.1) is 24.0 Å². The van der Waals surface area contributed by atoms with Crippen molar-refractivity contribution in [3.8, 4) is 11.5 Å². The van der Waals surface area contributed by atoms with Gasteiger partial charge in [0, 0.05) is 52.9 Å². The quantitative estimate of drug-likeness (QED) is 0.368. The zero-order valence-corrected chi connectivity index (χ0v) is 18.0. The smallest absolute Gasteiger partial charge is 0.231 e. The maximum Gasteiger partial charge on any atom is 0.231 e. The number of nitrogens with one attached hydrogen (secondary N) is 2. The van der Waals surface area contributed by atoms with Crippen molar-refractivity contribution < 1.29 is 9.47 Å². The Morgan fingerprint density at radius 2 is 1.81 bits per heavy atom. The molecule has 0 saturated carbocycles. The highest BCUT2D eigenvalue weighted by molar-refractivity contribution is 14.0. The molecule has 146 valence electrons. The third kappa shape index (κ3) is 5.88. The number of guanidine groups is 1. The highest BCUT2D eigenvalue weighted by atomic mass is 127. The van der Waals surface area contributed by atoms with Crippen molar-refractivity contribution in [2.75, 3.05) is 59.7 Å². The second-order valence-corrected chi connectivity index (χ2v) is 6.32. The average Bonchev–Trinajstić information content (AvgIpc) is 3.12. The molecule has 2 heterocycles. The zero-order valence-electron chi connectivity index (χ0n) is 15.7. The Bertz CT molecular complexity index is 591. The molecule has 1 aromatic rings. The number of nitrogens with zero attached hydrogens (tertiary/aromatic N) is 3. The molecule has 0 unspecified atom stereocenters. The van der Waals surface area contributed by atoms with Crippen molar-refractivity contribution in [2.24, 2.45) is 4.99 Å². The van der Waals surface area contributed by atoms with Crippen LogP contribution in [0.1, 0.15) is 12.5 Å². The summed E-state index contributed by atoms with van der Waals surface area (Å²) in [5.41, 5.74) is 1.14. The molecular formula is C18H30IN5O2. The minimum atomic E-state index is 0. The average molecular weight is 475 g/mol. The minimum Gasteiger partial charge on any atom is -0.454 e. The molecule has 0 aromatic heterocycles. The maximum absolute atomic E-state index is 5.42. The molecule has 8 heteroatoms. The number of hydrogen-bond acceptors (Lipinski definition) is 5. The number of piperazine rings is 1. The van der Waals surface area contributed by atoms with E-state index in [1.54, 1.807) is 7.05 Å². The van der Waals surface area contributed by atoms with Crippen LogP contribution in [0.3, 0.4) is 0 Å². The Labute approximate surface area is 173 Å². The van der Waals surface area contributed by atoms with Gasteiger partial charge in [-0.1, -0.05) is 13.0 Å². The summed E-state index contributed by atoms with van der Waals surface area (Å²) in [5, 5.41) is 6.74. The highest BCUT2D eigenvalue weighted by Crippen LogP contribution is 2.32. The van der Waals surface area contributed by atoms with Gasteiger partial charge in [0.25, 0.3) is 0 Å². The third-order valence-electron chi connectivity index (χ3n) is 4.75. The molecule has 1 fully saturated rings. The van der Waals surface area contributed by atoms with E-state index in [0.29, 0.717) is 13.3 Å². The summed E-state index contributed by atoms with van der Waals surface area (Å²) in [6.45, 7) is 11.0. The van der Waals surface area contributed by atoms with Crippen LogP contribution < -0.4 is 20.1 Å². The summed E-state index contributed by atoms with van der Waals surface area (Å²) in [5.74, 6) is 2.45. The highest BCUT2D eigenvalue weighted by Gasteiger charge is 2.15. The van der Waals surface area contributed by atoms with E-state index >= 15 is 0 Å². The summed E-state index contributed by atoms with van der Waals surface area (Å²) in [6.07, 6.45) is 0. The number of hydrogen-bond donors (Lipinski definition) is 2. The summed E-state index contributed by atoms with van der Waals surface area (Å²) in [4.78, 5) is 9.30. The van der Waals surface area contributed by atoms with Gasteiger partial charge in [0.05, 0.1) is 0 Å². The molecule has 0 radical (unpaired) electrons. The van der Waals surface area contributed by atoms with Crippen molar-refractivity contribution in [1.82, 2.24) is 20.4 Å². The molecule has 1 aromatic carbocycles. The van der Waals surface area contributed by atoms with Gasteiger partial charge in [-0.25, -0.2) is 0 Å². The number of halogens is 1. The largest absolute Gasteiger partial charge is 0.454 e. The second kappa shape index (κ2) is 10.8. The van der Waals surface area contributed by atoms with Crippen LogP contribution in [0.2, 0.25) is 0 Å². The first-order valence-corrected chi connectivity index (χ1v) is 9.06. The molecule has 2 N–H and O–H groups in total. The Morgan fingerprint density at radius 3 is 2.54 bits per heavy atom. The lowest BCUT2D eigenvalue weighted by molar-refractivity contribution is 0.139. The Kier molecular flexibility index (Phi) is 8.73. The number of fused-ring (bicyclic) bond motifs is 1. The van der Waals surface area contributed by atoms with Crippen LogP contribution >= 0.6 is 24.0 Å². The molecule has 0 bridgehead atoms. The number of benzene rings is 1. The van der Waals surface area contributed by atoms with E-state index in [2.05, 4.69) is 32.3 Å². The lowest BCUT2D eigenvalue weighted by atomic mass is 10.2. The number of rotatable bonds is 6. The third-order valence-corrected chi connectivity index (χ3v) is 4.75. The van der Waals surface area contributed by atoms with Crippen LogP contribution in [0.25, 0.3) is 0 Å². The molecule has 1 saturated heterocycles. The van der Waals surface area contributed by atoms with Crippen molar-refractivity contribution in [2.45, 2.75) is 13.5 Å². The van der Waals surface area contributed by atoms with E-state index in [1.807, 2.05) is 18.2 Å². The fourth-order valence-electron chi connectivity index (χ4n) is 3.12. The zero-order chi connectivity index (χ0) is 17.5. The van der Waals surface area contributed by atoms with E-state index in [-0.39, 0.29) is 24.0 Å². The van der Waals surface area contributed by atoms with E-state index in [9.17, 15) is 0 Å². The number of likely N-dealkylation sites (N-methyl/N-ethyl adjacent to an activating group) is 1. The predicted molar refractivity (Wildman–Crippen MR) is 115 cm³/mol. The maximum atomic E-state index is 5.42. The van der Waals surface area contributed by atoms with Gasteiger partial charge in [0.1, 0.15) is 0 Å². The van der Waals surface area contributed by atoms with Crippen LogP contribution in [0, 0.1) is 0 Å². The monoisotopic (exact) mass is 475 g/mol. The number of ether oxygens (including phenoxy) is 2. The summed E-state index contributed by atoms with van der Waals surface area (Å²) in [6, 6.07) is 6.00. The van der Waals surface area contributed by atoms with E-state index < -0.39 is 0 Å². The Hall–Kier alpha value is -1.26. The molecule has 0 amide bonds. The van der Waals surface area contributed by atoms with E-state index in [0.717, 1.165) is 55.7 Å². The molecule has 26 heavy (non-hydrogen) atoms. The predicted octanol–water partition coefficient (Wildman–Crippen LogP) is 1.34. The molecule has 0 spiro atoms. The van der Waals surface area contributed by atoms with Crippen LogP contribution in [-0.4, -0.2) is 75.4 Å². The molecule has 3 rings (SSSR count). The fourth-order valence-corrected chi connectivity index (χ4v) is 3.12. The summed E-state index contributed by atoms with van der Waals surface area (Å²) >= 11 is 0. The summed E-state index contributed by atoms with van der Waals surface area (Å²) in [7, 11) is 1.80. The first-order valence-electron chi connectivity index (χ1n) is 9.06. The van der Waals surface area contributed by atoms with Crippen LogP contribution in [-0.2, 0) is 6.54 Å². The van der Waals surface area contributed by atoms with Crippen LogP contribution in [0.15, 0.2) is 23.2 Å². The molecule has 7 nitrogen and oxygen atoms in total. The van der Waals surface area contributed by atoms with Crippen molar-refractivity contribution in [3.05, 3.63) is 23.8 Å². The normalized spacial score (nSPS) is 17.7. The lowest BCUT2D eigenvalue weighted by Crippen LogP contribution is -2.49. The van der Waals surface area contributed by atoms with E-state index in [4.69, 9.17) is 9.47 Å². The van der Waals surface area contributed by atoms with Crippen molar-refractivity contribution in [3.63, 3.8) is 0 Å². The van der Waals surface area contributed by atoms with Gasteiger partial charge in [0.2, 0.25) is 6.79 Å². The Morgan fingerprint density at radius 1 is 1.08 bits per heavy atom.